The molecule has 0 nitrogen and oxygen atoms in total. The molecular weight excluding hydrogens is 657 g/mol. The molecule has 0 rings (SSSR count). The second-order valence-corrected chi connectivity index (χ2v) is 26.0. The van der Waals surface area contributed by atoms with E-state index < -0.39 is 16.1 Å². The lowest BCUT2D eigenvalue weighted by Gasteiger charge is -2.37. The van der Waals surface area contributed by atoms with Gasteiger partial charge in [-0.05, 0) is 108 Å². The van der Waals surface area contributed by atoms with Crippen molar-refractivity contribution in [3.63, 3.8) is 0 Å². The highest BCUT2D eigenvalue weighted by atomic mass is 32.2. The molecule has 0 aliphatic carbocycles. The van der Waals surface area contributed by atoms with Gasteiger partial charge in [-0.3, -0.25) is 0 Å². The summed E-state index contributed by atoms with van der Waals surface area (Å²) in [5.74, 6) is 5.51. The monoisotopic (exact) mass is 698 g/mol. The van der Waals surface area contributed by atoms with Crippen molar-refractivity contribution in [2.24, 2.45) is 0 Å². The molecule has 42 heavy (non-hydrogen) atoms. The van der Waals surface area contributed by atoms with E-state index >= 15 is 0 Å². The van der Waals surface area contributed by atoms with Gasteiger partial charge in [-0.2, -0.15) is 0 Å². The van der Waals surface area contributed by atoms with Crippen LogP contribution < -0.4 is 0 Å². The predicted molar refractivity (Wildman–Crippen MR) is 210 cm³/mol. The molecule has 0 heterocycles. The van der Waals surface area contributed by atoms with Crippen molar-refractivity contribution in [1.82, 2.24) is 0 Å². The predicted octanol–water partition coefficient (Wildman–Crippen LogP) is 11.3. The molecule has 0 amide bonds. The molecule has 0 aromatic heterocycles. The SMILES string of the molecule is CC(C)[Si](C#CSC#CSC#CSC#CC#CSC#CSC#CSC#C[Si](C(C)C)(C(C)C)C(C)C)(C(C)C)C(C)C. The van der Waals surface area contributed by atoms with Crippen LogP contribution in [0.5, 0.6) is 0 Å². The molecule has 0 radical (unpaired) electrons. The van der Waals surface area contributed by atoms with Gasteiger partial charge in [0.2, 0.25) is 0 Å². The number of thioether (sulfide) groups is 6. The zero-order valence-corrected chi connectivity index (χ0v) is 33.8. The highest BCUT2D eigenvalue weighted by Crippen LogP contribution is 2.41. The Hall–Kier alpha value is -0.986. The fourth-order valence-electron chi connectivity index (χ4n) is 5.52. The van der Waals surface area contributed by atoms with Crippen molar-refractivity contribution in [3.8, 4) is 86.0 Å². The molecule has 0 spiro atoms. The minimum absolute atomic E-state index is 0.624. The smallest absolute Gasteiger partial charge is 0.118 e. The summed E-state index contributed by atoms with van der Waals surface area (Å²) in [5, 5.41) is 35.8. The summed E-state index contributed by atoms with van der Waals surface area (Å²) in [6.45, 7) is 27.8. The molecular formula is C34H42S6Si2. The summed E-state index contributed by atoms with van der Waals surface area (Å²) in [4.78, 5) is 0. The van der Waals surface area contributed by atoms with Crippen LogP contribution in [-0.2, 0) is 0 Å². The fraction of sp³-hybridized carbons (Fsp3) is 0.529. The maximum absolute atomic E-state index is 3.65. The van der Waals surface area contributed by atoms with Gasteiger partial charge in [-0.25, -0.2) is 0 Å². The van der Waals surface area contributed by atoms with Gasteiger partial charge < -0.3 is 0 Å². The van der Waals surface area contributed by atoms with Crippen LogP contribution in [0.15, 0.2) is 0 Å². The van der Waals surface area contributed by atoms with Crippen LogP contribution >= 0.6 is 70.6 Å². The largest absolute Gasteiger partial charge is 0.147 e. The third kappa shape index (κ3) is 14.7. The zero-order chi connectivity index (χ0) is 32.0. The molecule has 0 atom stereocenters. The molecule has 0 aromatic carbocycles. The molecule has 0 aliphatic rings. The van der Waals surface area contributed by atoms with Gasteiger partial charge in [0.25, 0.3) is 0 Å². The maximum Gasteiger partial charge on any atom is 0.147 e. The first-order valence-corrected chi connectivity index (χ1v) is 23.2. The minimum Gasteiger partial charge on any atom is -0.118 e. The van der Waals surface area contributed by atoms with Gasteiger partial charge in [0, 0.05) is 70.6 Å². The Kier molecular flexibility index (Phi) is 22.9. The molecule has 0 aromatic rings. The van der Waals surface area contributed by atoms with Crippen LogP contribution in [0.25, 0.3) is 0 Å². The van der Waals surface area contributed by atoms with E-state index in [-0.39, 0.29) is 0 Å². The Bertz CT molecular complexity index is 1210. The highest BCUT2D eigenvalue weighted by Gasteiger charge is 2.42. The van der Waals surface area contributed by atoms with Crippen molar-refractivity contribution < 1.29 is 0 Å². The molecule has 0 saturated carbocycles. The van der Waals surface area contributed by atoms with Crippen molar-refractivity contribution in [1.29, 1.82) is 0 Å². The van der Waals surface area contributed by atoms with Gasteiger partial charge in [-0.1, -0.05) is 83.1 Å². The van der Waals surface area contributed by atoms with Crippen LogP contribution in [0.1, 0.15) is 83.1 Å². The van der Waals surface area contributed by atoms with Crippen molar-refractivity contribution in [2.75, 3.05) is 0 Å². The van der Waals surface area contributed by atoms with E-state index in [9.17, 15) is 0 Å². The molecule has 0 bridgehead atoms. The number of rotatable bonds is 6. The van der Waals surface area contributed by atoms with Gasteiger partial charge >= 0.3 is 0 Å². The minimum atomic E-state index is -1.69. The van der Waals surface area contributed by atoms with E-state index in [4.69, 9.17) is 0 Å². The van der Waals surface area contributed by atoms with Crippen LogP contribution in [0.4, 0.5) is 0 Å². The van der Waals surface area contributed by atoms with E-state index in [1.54, 1.807) is 0 Å². The zero-order valence-electron chi connectivity index (χ0n) is 26.9. The second-order valence-electron chi connectivity index (χ2n) is 11.1. The van der Waals surface area contributed by atoms with E-state index in [1.807, 2.05) is 0 Å². The van der Waals surface area contributed by atoms with Crippen molar-refractivity contribution in [2.45, 2.75) is 116 Å². The third-order valence-electron chi connectivity index (χ3n) is 7.21. The Morgan fingerprint density at radius 2 is 0.476 bits per heavy atom. The molecule has 0 N–H and O–H groups in total. The van der Waals surface area contributed by atoms with Crippen LogP contribution in [0.2, 0.25) is 33.2 Å². The first-order chi connectivity index (χ1) is 19.9. The highest BCUT2D eigenvalue weighted by molar-refractivity contribution is 8.13. The summed E-state index contributed by atoms with van der Waals surface area (Å²) in [6.07, 6.45) is 0. The van der Waals surface area contributed by atoms with E-state index in [0.29, 0.717) is 33.2 Å². The summed E-state index contributed by atoms with van der Waals surface area (Å²) in [5.41, 5.74) is 11.0. The third-order valence-corrected chi connectivity index (χ3v) is 23.1. The van der Waals surface area contributed by atoms with E-state index in [0.717, 1.165) is 0 Å². The topological polar surface area (TPSA) is 0 Å². The Morgan fingerprint density at radius 3 is 0.690 bits per heavy atom. The summed E-state index contributed by atoms with van der Waals surface area (Å²) >= 11 is 7.64. The molecule has 0 fully saturated rings. The average molecular weight is 699 g/mol. The summed E-state index contributed by atoms with van der Waals surface area (Å²) < 4.78 is 0. The Balaban J connectivity index is 4.53. The van der Waals surface area contributed by atoms with E-state index in [1.165, 1.54) is 70.6 Å². The molecule has 0 unspecified atom stereocenters. The second kappa shape index (κ2) is 23.4. The fourth-order valence-corrected chi connectivity index (χ4v) is 18.9. The molecule has 8 heteroatoms. The lowest BCUT2D eigenvalue weighted by Crippen LogP contribution is -2.43. The van der Waals surface area contributed by atoms with Gasteiger partial charge in [-0.15, -0.1) is 11.1 Å². The number of hydrogen-bond donors (Lipinski definition) is 0. The Morgan fingerprint density at radius 1 is 0.286 bits per heavy atom. The normalized spacial score (nSPS) is 10.2. The number of hydrogen-bond acceptors (Lipinski definition) is 6. The molecule has 0 aliphatic heterocycles. The quantitative estimate of drug-likeness (QED) is 0.199. The van der Waals surface area contributed by atoms with Crippen LogP contribution in [-0.4, -0.2) is 16.1 Å². The van der Waals surface area contributed by atoms with Crippen LogP contribution in [0, 0.1) is 86.0 Å². The first kappa shape index (κ1) is 41.0. The van der Waals surface area contributed by atoms with Crippen molar-refractivity contribution in [3.05, 3.63) is 0 Å². The standard InChI is InChI=1S/C34H42S6Si2/c1-29(2)41(30(3)4,31(5)6)27-25-39-23-21-37-19-17-35-15-13-14-16-36-18-20-38-22-24-40-26-28-42(32(7)8,33(9)10)34(11)12/h29-34H,1-12H3. The lowest BCUT2D eigenvalue weighted by molar-refractivity contribution is 0.838. The summed E-state index contributed by atoms with van der Waals surface area (Å²) in [6, 6.07) is 0. The first-order valence-electron chi connectivity index (χ1n) is 13.9. The van der Waals surface area contributed by atoms with Crippen LogP contribution in [0.3, 0.4) is 0 Å². The summed E-state index contributed by atoms with van der Waals surface area (Å²) in [7, 11) is -3.38. The van der Waals surface area contributed by atoms with Gasteiger partial charge in [0.15, 0.2) is 0 Å². The Labute approximate surface area is 286 Å². The maximum atomic E-state index is 3.65. The van der Waals surface area contributed by atoms with Gasteiger partial charge in [0.1, 0.15) is 16.1 Å². The van der Waals surface area contributed by atoms with Crippen molar-refractivity contribution >= 4 is 86.7 Å². The average Bonchev–Trinajstić information content (AvgIpc) is 2.90. The molecule has 0 saturated heterocycles. The molecule has 222 valence electrons. The lowest BCUT2D eigenvalue weighted by atomic mass is 10.5. The van der Waals surface area contributed by atoms with E-state index in [2.05, 4.69) is 169 Å². The van der Waals surface area contributed by atoms with Gasteiger partial charge in [0.05, 0.1) is 0 Å².